The molecule has 3 aromatic carbocycles. The van der Waals surface area contributed by atoms with Crippen molar-refractivity contribution < 1.29 is 9.59 Å². The van der Waals surface area contributed by atoms with Crippen LogP contribution in [-0.2, 0) is 0 Å². The van der Waals surface area contributed by atoms with E-state index in [0.717, 1.165) is 10.2 Å². The van der Waals surface area contributed by atoms with E-state index in [1.807, 2.05) is 30.3 Å². The summed E-state index contributed by atoms with van der Waals surface area (Å²) in [4.78, 5) is 29.6. The number of benzene rings is 3. The molecule has 27 heavy (non-hydrogen) atoms. The van der Waals surface area contributed by atoms with E-state index < -0.39 is 0 Å². The molecule has 1 heterocycles. The summed E-state index contributed by atoms with van der Waals surface area (Å²) in [5.41, 5.74) is 2.19. The van der Waals surface area contributed by atoms with Gasteiger partial charge in [0.1, 0.15) is 0 Å². The minimum Gasteiger partial charge on any atom is -0.321 e. The van der Waals surface area contributed by atoms with Crippen LogP contribution in [0.4, 0.5) is 10.8 Å². The molecule has 0 unspecified atom stereocenters. The Morgan fingerprint density at radius 3 is 2.26 bits per heavy atom. The fourth-order valence-corrected chi connectivity index (χ4v) is 3.53. The molecule has 6 heteroatoms. The third kappa shape index (κ3) is 3.70. The van der Waals surface area contributed by atoms with Gasteiger partial charge in [0.25, 0.3) is 11.8 Å². The number of hydrogen-bond acceptors (Lipinski definition) is 4. The molecule has 5 nitrogen and oxygen atoms in total. The molecule has 0 spiro atoms. The summed E-state index contributed by atoms with van der Waals surface area (Å²) in [5.74, 6) is -0.589. The molecule has 1 aromatic heterocycles. The Labute approximate surface area is 159 Å². The van der Waals surface area contributed by atoms with Crippen LogP contribution < -0.4 is 10.6 Å². The first kappa shape index (κ1) is 16.9. The van der Waals surface area contributed by atoms with Gasteiger partial charge in [-0.2, -0.15) is 0 Å². The van der Waals surface area contributed by atoms with Gasteiger partial charge >= 0.3 is 0 Å². The van der Waals surface area contributed by atoms with E-state index in [2.05, 4.69) is 15.6 Å². The Balaban J connectivity index is 1.56. The summed E-state index contributed by atoms with van der Waals surface area (Å²) in [6.45, 7) is 0. The van der Waals surface area contributed by atoms with Gasteiger partial charge in [-0.25, -0.2) is 4.98 Å². The van der Waals surface area contributed by atoms with Crippen LogP contribution in [0.15, 0.2) is 78.9 Å². The van der Waals surface area contributed by atoms with Crippen LogP contribution in [0.5, 0.6) is 0 Å². The maximum absolute atomic E-state index is 12.7. The minimum absolute atomic E-state index is 0.268. The van der Waals surface area contributed by atoms with Crippen molar-refractivity contribution in [2.24, 2.45) is 0 Å². The van der Waals surface area contributed by atoms with E-state index >= 15 is 0 Å². The minimum atomic E-state index is -0.321. The van der Waals surface area contributed by atoms with Crippen LogP contribution in [0.1, 0.15) is 20.7 Å². The average Bonchev–Trinajstić information content (AvgIpc) is 3.11. The van der Waals surface area contributed by atoms with Crippen molar-refractivity contribution in [1.82, 2.24) is 4.98 Å². The highest BCUT2D eigenvalue weighted by Crippen LogP contribution is 2.26. The first-order valence-corrected chi connectivity index (χ1v) is 9.15. The zero-order valence-electron chi connectivity index (χ0n) is 14.2. The van der Waals surface area contributed by atoms with Crippen LogP contribution in [-0.4, -0.2) is 16.8 Å². The summed E-state index contributed by atoms with van der Waals surface area (Å²) in [7, 11) is 0. The highest BCUT2D eigenvalue weighted by atomic mass is 32.1. The van der Waals surface area contributed by atoms with Gasteiger partial charge < -0.3 is 5.32 Å². The summed E-state index contributed by atoms with van der Waals surface area (Å²) in [6.07, 6.45) is 0. The van der Waals surface area contributed by atoms with Gasteiger partial charge in [-0.15, -0.1) is 0 Å². The van der Waals surface area contributed by atoms with Gasteiger partial charge in [0.15, 0.2) is 5.13 Å². The first-order valence-electron chi connectivity index (χ1n) is 8.33. The van der Waals surface area contributed by atoms with Crippen LogP contribution in [0.3, 0.4) is 0 Å². The number of aromatic nitrogens is 1. The predicted octanol–water partition coefficient (Wildman–Crippen LogP) is 4.80. The molecule has 2 amide bonds. The first-order chi connectivity index (χ1) is 13.2. The zero-order valence-corrected chi connectivity index (χ0v) is 15.0. The van der Waals surface area contributed by atoms with Crippen molar-refractivity contribution >= 4 is 44.2 Å². The fraction of sp³-hybridized carbons (Fsp3) is 0. The number of thiazole rings is 1. The number of fused-ring (bicyclic) bond motifs is 1. The lowest BCUT2D eigenvalue weighted by molar-refractivity contribution is 0.102. The van der Waals surface area contributed by atoms with E-state index in [9.17, 15) is 9.59 Å². The quantitative estimate of drug-likeness (QED) is 0.540. The lowest BCUT2D eigenvalue weighted by Gasteiger charge is -2.10. The van der Waals surface area contributed by atoms with Crippen molar-refractivity contribution in [3.8, 4) is 0 Å². The van der Waals surface area contributed by atoms with Crippen molar-refractivity contribution in [3.63, 3.8) is 0 Å². The molecular formula is C21H15N3O2S. The second-order valence-corrected chi connectivity index (χ2v) is 6.84. The number of para-hydroxylation sites is 2. The number of nitrogens with one attached hydrogen (secondary N) is 2. The molecule has 0 fully saturated rings. The standard InChI is InChI=1S/C21H15N3O2S/c25-19(14-8-2-1-3-9-14)22-16-11-5-4-10-15(16)20(26)24-21-23-17-12-6-7-13-18(17)27-21/h1-13H,(H,22,25)(H,23,24,26). The summed E-state index contributed by atoms with van der Waals surface area (Å²) in [5, 5.41) is 6.14. The Morgan fingerprint density at radius 1 is 0.741 bits per heavy atom. The highest BCUT2D eigenvalue weighted by Gasteiger charge is 2.15. The second-order valence-electron chi connectivity index (χ2n) is 5.81. The number of rotatable bonds is 4. The third-order valence-electron chi connectivity index (χ3n) is 3.97. The Hall–Kier alpha value is -3.51. The van der Waals surface area contributed by atoms with Gasteiger partial charge in [0.05, 0.1) is 21.5 Å². The number of amides is 2. The summed E-state index contributed by atoms with van der Waals surface area (Å²) < 4.78 is 0.999. The van der Waals surface area contributed by atoms with Gasteiger partial charge in [-0.05, 0) is 36.4 Å². The van der Waals surface area contributed by atoms with Gasteiger partial charge in [0, 0.05) is 5.56 Å². The molecular weight excluding hydrogens is 358 g/mol. The number of anilines is 2. The fourth-order valence-electron chi connectivity index (χ4n) is 2.66. The van der Waals surface area contributed by atoms with Crippen molar-refractivity contribution in [3.05, 3.63) is 90.0 Å². The normalized spacial score (nSPS) is 10.5. The number of carbonyl (C=O) groups is 2. The largest absolute Gasteiger partial charge is 0.321 e. The lowest BCUT2D eigenvalue weighted by Crippen LogP contribution is -2.18. The molecule has 0 radical (unpaired) electrons. The van der Waals surface area contributed by atoms with Gasteiger partial charge in [0.2, 0.25) is 0 Å². The monoisotopic (exact) mass is 373 g/mol. The van der Waals surface area contributed by atoms with Crippen molar-refractivity contribution in [2.75, 3.05) is 10.6 Å². The Kier molecular flexibility index (Phi) is 4.63. The molecule has 0 aliphatic rings. The lowest BCUT2D eigenvalue weighted by atomic mass is 10.1. The predicted molar refractivity (Wildman–Crippen MR) is 108 cm³/mol. The molecule has 2 N–H and O–H groups in total. The van der Waals surface area contributed by atoms with E-state index in [-0.39, 0.29) is 11.8 Å². The third-order valence-corrected chi connectivity index (χ3v) is 4.92. The van der Waals surface area contributed by atoms with Crippen molar-refractivity contribution in [2.45, 2.75) is 0 Å². The molecule has 0 bridgehead atoms. The van der Waals surface area contributed by atoms with E-state index in [1.54, 1.807) is 48.5 Å². The van der Waals surface area contributed by atoms with Crippen LogP contribution in [0, 0.1) is 0 Å². The second kappa shape index (κ2) is 7.39. The smallest absolute Gasteiger partial charge is 0.259 e. The molecule has 132 valence electrons. The number of carbonyl (C=O) groups excluding carboxylic acids is 2. The topological polar surface area (TPSA) is 71.1 Å². The molecule has 0 aliphatic carbocycles. The number of nitrogens with zero attached hydrogens (tertiary/aromatic N) is 1. The molecule has 4 rings (SSSR count). The van der Waals surface area contributed by atoms with Crippen LogP contribution in [0.2, 0.25) is 0 Å². The maximum Gasteiger partial charge on any atom is 0.259 e. The van der Waals surface area contributed by atoms with Gasteiger partial charge in [-0.1, -0.05) is 53.8 Å². The molecule has 0 saturated heterocycles. The SMILES string of the molecule is O=C(Nc1ccccc1C(=O)Nc1nc2ccccc2s1)c1ccccc1. The van der Waals surface area contributed by atoms with Crippen LogP contribution >= 0.6 is 11.3 Å². The molecule has 0 aliphatic heterocycles. The summed E-state index contributed by atoms with van der Waals surface area (Å²) in [6, 6.07) is 23.5. The Bertz CT molecular complexity index is 1090. The zero-order chi connectivity index (χ0) is 18.6. The molecule has 4 aromatic rings. The maximum atomic E-state index is 12.7. The average molecular weight is 373 g/mol. The highest BCUT2D eigenvalue weighted by molar-refractivity contribution is 7.22. The molecule has 0 atom stereocenters. The van der Waals surface area contributed by atoms with E-state index in [1.165, 1.54) is 11.3 Å². The Morgan fingerprint density at radius 2 is 1.44 bits per heavy atom. The number of hydrogen-bond donors (Lipinski definition) is 2. The molecule has 0 saturated carbocycles. The van der Waals surface area contributed by atoms with Gasteiger partial charge in [-0.3, -0.25) is 14.9 Å². The summed E-state index contributed by atoms with van der Waals surface area (Å²) >= 11 is 1.41. The van der Waals surface area contributed by atoms with Crippen molar-refractivity contribution in [1.29, 1.82) is 0 Å². The van der Waals surface area contributed by atoms with E-state index in [0.29, 0.717) is 21.9 Å². The van der Waals surface area contributed by atoms with Crippen LogP contribution in [0.25, 0.3) is 10.2 Å². The van der Waals surface area contributed by atoms with E-state index in [4.69, 9.17) is 0 Å².